The minimum absolute atomic E-state index is 0.145. The number of carbonyl (C=O) groups is 1. The van der Waals surface area contributed by atoms with Gasteiger partial charge in [-0.2, -0.15) is 13.2 Å². The highest BCUT2D eigenvalue weighted by atomic mass is 19.4. The fourth-order valence-corrected chi connectivity index (χ4v) is 1.55. The molecule has 18 heavy (non-hydrogen) atoms. The molecular formula is C11H14F3N3O. The third-order valence-electron chi connectivity index (χ3n) is 2.32. The summed E-state index contributed by atoms with van der Waals surface area (Å²) in [4.78, 5) is 12.5. The Morgan fingerprint density at radius 1 is 1.44 bits per heavy atom. The fourth-order valence-electron chi connectivity index (χ4n) is 1.55. The zero-order chi connectivity index (χ0) is 13.9. The van der Waals surface area contributed by atoms with Gasteiger partial charge in [0.05, 0.1) is 11.3 Å². The molecule has 0 aromatic heterocycles. The standard InChI is InChI=1S/C11H14F3N3O/c1-16-10(18)8-4-3-7(15)5-9(8)17(2)6-11(12,13)14/h3-5H,6,15H2,1-2H3,(H,16,18). The second kappa shape index (κ2) is 5.16. The van der Waals surface area contributed by atoms with Gasteiger partial charge in [-0.15, -0.1) is 0 Å². The lowest BCUT2D eigenvalue weighted by Crippen LogP contribution is -2.33. The zero-order valence-electron chi connectivity index (χ0n) is 10.0. The minimum Gasteiger partial charge on any atom is -0.399 e. The molecule has 0 heterocycles. The summed E-state index contributed by atoms with van der Waals surface area (Å²) in [7, 11) is 2.67. The second-order valence-corrected chi connectivity index (χ2v) is 3.83. The number of rotatable bonds is 3. The largest absolute Gasteiger partial charge is 0.405 e. The molecule has 0 aliphatic rings. The first-order chi connectivity index (χ1) is 8.24. The summed E-state index contributed by atoms with van der Waals surface area (Å²) < 4.78 is 37.0. The molecule has 0 spiro atoms. The fraction of sp³-hybridized carbons (Fsp3) is 0.364. The van der Waals surface area contributed by atoms with Crippen molar-refractivity contribution in [2.24, 2.45) is 0 Å². The van der Waals surface area contributed by atoms with Crippen molar-refractivity contribution >= 4 is 17.3 Å². The van der Waals surface area contributed by atoms with E-state index >= 15 is 0 Å². The van der Waals surface area contributed by atoms with Crippen LogP contribution in [-0.4, -0.2) is 32.7 Å². The van der Waals surface area contributed by atoms with Crippen LogP contribution in [0.1, 0.15) is 10.4 Å². The lowest BCUT2D eigenvalue weighted by atomic mass is 10.1. The normalized spacial score (nSPS) is 11.2. The Hall–Kier alpha value is -1.92. The Morgan fingerprint density at radius 2 is 2.06 bits per heavy atom. The molecule has 0 aliphatic heterocycles. The predicted molar refractivity (Wildman–Crippen MR) is 63.6 cm³/mol. The SMILES string of the molecule is CNC(=O)c1ccc(N)cc1N(C)CC(F)(F)F. The van der Waals surface area contributed by atoms with Gasteiger partial charge in [0.15, 0.2) is 0 Å². The van der Waals surface area contributed by atoms with Crippen LogP contribution in [0.3, 0.4) is 0 Å². The maximum atomic E-state index is 12.3. The quantitative estimate of drug-likeness (QED) is 0.813. The van der Waals surface area contributed by atoms with Crippen molar-refractivity contribution in [1.29, 1.82) is 0 Å². The third kappa shape index (κ3) is 3.54. The monoisotopic (exact) mass is 261 g/mol. The Balaban J connectivity index is 3.12. The van der Waals surface area contributed by atoms with Gasteiger partial charge in [0.1, 0.15) is 6.54 Å². The molecule has 4 nitrogen and oxygen atoms in total. The summed E-state index contributed by atoms with van der Waals surface area (Å²) in [6, 6.07) is 4.21. The van der Waals surface area contributed by atoms with Crippen molar-refractivity contribution in [1.82, 2.24) is 5.32 Å². The van der Waals surface area contributed by atoms with Crippen molar-refractivity contribution in [2.75, 3.05) is 31.3 Å². The van der Waals surface area contributed by atoms with Crippen molar-refractivity contribution < 1.29 is 18.0 Å². The van der Waals surface area contributed by atoms with E-state index < -0.39 is 18.6 Å². The highest BCUT2D eigenvalue weighted by molar-refractivity contribution is 6.00. The number of nitrogen functional groups attached to an aromatic ring is 1. The van der Waals surface area contributed by atoms with Crippen LogP contribution in [0.2, 0.25) is 0 Å². The molecule has 1 rings (SSSR count). The van der Waals surface area contributed by atoms with Gasteiger partial charge >= 0.3 is 6.18 Å². The molecule has 0 saturated heterocycles. The van der Waals surface area contributed by atoms with Crippen LogP contribution < -0.4 is 16.0 Å². The molecule has 1 amide bonds. The van der Waals surface area contributed by atoms with Crippen LogP contribution in [-0.2, 0) is 0 Å². The number of amides is 1. The highest BCUT2D eigenvalue weighted by Gasteiger charge is 2.30. The van der Waals surface area contributed by atoms with E-state index in [1.807, 2.05) is 0 Å². The van der Waals surface area contributed by atoms with Crippen LogP contribution >= 0.6 is 0 Å². The topological polar surface area (TPSA) is 58.4 Å². The zero-order valence-corrected chi connectivity index (χ0v) is 10.0. The van der Waals surface area contributed by atoms with E-state index in [2.05, 4.69) is 5.32 Å². The lowest BCUT2D eigenvalue weighted by molar-refractivity contribution is -0.119. The molecule has 0 atom stereocenters. The van der Waals surface area contributed by atoms with Crippen LogP contribution in [0, 0.1) is 0 Å². The third-order valence-corrected chi connectivity index (χ3v) is 2.32. The molecule has 1 aromatic rings. The number of hydrogen-bond donors (Lipinski definition) is 2. The van der Waals surface area contributed by atoms with E-state index in [1.165, 1.54) is 32.3 Å². The van der Waals surface area contributed by atoms with E-state index in [4.69, 9.17) is 5.73 Å². The molecule has 0 aliphatic carbocycles. The van der Waals surface area contributed by atoms with E-state index in [1.54, 1.807) is 0 Å². The average Bonchev–Trinajstić information content (AvgIpc) is 2.25. The van der Waals surface area contributed by atoms with Crippen LogP contribution in [0.4, 0.5) is 24.5 Å². The van der Waals surface area contributed by atoms with Crippen LogP contribution in [0.15, 0.2) is 18.2 Å². The van der Waals surface area contributed by atoms with Crippen LogP contribution in [0.25, 0.3) is 0 Å². The first kappa shape index (κ1) is 14.1. The minimum atomic E-state index is -4.35. The molecule has 3 N–H and O–H groups in total. The van der Waals surface area contributed by atoms with Gasteiger partial charge in [0, 0.05) is 19.8 Å². The number of hydrogen-bond acceptors (Lipinski definition) is 3. The van der Waals surface area contributed by atoms with Gasteiger partial charge < -0.3 is 16.0 Å². The van der Waals surface area contributed by atoms with Crippen molar-refractivity contribution in [3.8, 4) is 0 Å². The molecule has 0 unspecified atom stereocenters. The summed E-state index contributed by atoms with van der Waals surface area (Å²) >= 11 is 0. The highest BCUT2D eigenvalue weighted by Crippen LogP contribution is 2.26. The number of nitrogens with zero attached hydrogens (tertiary/aromatic N) is 1. The molecule has 0 radical (unpaired) electrons. The van der Waals surface area contributed by atoms with Gasteiger partial charge in [-0.1, -0.05) is 0 Å². The van der Waals surface area contributed by atoms with E-state index in [-0.39, 0.29) is 11.3 Å². The summed E-state index contributed by atoms with van der Waals surface area (Å²) in [5.74, 6) is -0.459. The molecular weight excluding hydrogens is 247 g/mol. The summed E-state index contributed by atoms with van der Waals surface area (Å²) in [5.41, 5.74) is 6.13. The molecule has 7 heteroatoms. The van der Waals surface area contributed by atoms with E-state index in [0.717, 1.165) is 4.90 Å². The Labute approximate surface area is 103 Å². The Morgan fingerprint density at radius 3 is 2.56 bits per heavy atom. The number of nitrogens with one attached hydrogen (secondary N) is 1. The van der Waals surface area contributed by atoms with Gasteiger partial charge in [-0.25, -0.2) is 0 Å². The van der Waals surface area contributed by atoms with E-state index in [0.29, 0.717) is 5.69 Å². The number of alkyl halides is 3. The van der Waals surface area contributed by atoms with Gasteiger partial charge in [0.2, 0.25) is 0 Å². The molecule has 0 bridgehead atoms. The summed E-state index contributed by atoms with van der Waals surface area (Å²) in [5, 5.41) is 2.37. The summed E-state index contributed by atoms with van der Waals surface area (Å²) in [6.45, 7) is -1.15. The predicted octanol–water partition coefficient (Wildman–Crippen LogP) is 1.63. The average molecular weight is 261 g/mol. The molecule has 1 aromatic carbocycles. The van der Waals surface area contributed by atoms with Gasteiger partial charge in [-0.3, -0.25) is 4.79 Å². The van der Waals surface area contributed by atoms with Crippen LogP contribution in [0.5, 0.6) is 0 Å². The molecule has 0 fully saturated rings. The summed E-state index contributed by atoms with van der Waals surface area (Å²) in [6.07, 6.45) is -4.35. The smallest absolute Gasteiger partial charge is 0.399 e. The lowest BCUT2D eigenvalue weighted by Gasteiger charge is -2.23. The maximum absolute atomic E-state index is 12.3. The Bertz CT molecular complexity index is 446. The van der Waals surface area contributed by atoms with Crippen molar-refractivity contribution in [3.63, 3.8) is 0 Å². The van der Waals surface area contributed by atoms with Gasteiger partial charge in [-0.05, 0) is 18.2 Å². The van der Waals surface area contributed by atoms with Crippen molar-refractivity contribution in [3.05, 3.63) is 23.8 Å². The maximum Gasteiger partial charge on any atom is 0.405 e. The number of carbonyl (C=O) groups excluding carboxylic acids is 1. The number of nitrogens with two attached hydrogens (primary N) is 1. The van der Waals surface area contributed by atoms with E-state index in [9.17, 15) is 18.0 Å². The van der Waals surface area contributed by atoms with Crippen molar-refractivity contribution in [2.45, 2.75) is 6.18 Å². The first-order valence-corrected chi connectivity index (χ1v) is 5.14. The molecule has 100 valence electrons. The first-order valence-electron chi connectivity index (χ1n) is 5.14. The second-order valence-electron chi connectivity index (χ2n) is 3.83. The Kier molecular flexibility index (Phi) is 4.05. The number of halogens is 3. The number of anilines is 2. The number of benzene rings is 1. The van der Waals surface area contributed by atoms with Gasteiger partial charge in [0.25, 0.3) is 5.91 Å². The molecule has 0 saturated carbocycles.